The van der Waals surface area contributed by atoms with Crippen LogP contribution in [-0.4, -0.2) is 17.1 Å². The second-order valence-electron chi connectivity index (χ2n) is 4.43. The Hall–Kier alpha value is -2.39. The van der Waals surface area contributed by atoms with Gasteiger partial charge < -0.3 is 5.11 Å². The largest absolute Gasteiger partial charge is 0.508 e. The third-order valence-corrected chi connectivity index (χ3v) is 3.29. The number of hydrogen-bond donors (Lipinski definition) is 1. The van der Waals surface area contributed by atoms with Gasteiger partial charge in [-0.2, -0.15) is 0 Å². The Morgan fingerprint density at radius 2 is 2.00 bits per heavy atom. The summed E-state index contributed by atoms with van der Waals surface area (Å²) in [4.78, 5) is 15.4. The second-order valence-corrected chi connectivity index (χ2v) is 4.87. The van der Waals surface area contributed by atoms with E-state index in [4.69, 9.17) is 11.6 Å². The predicted octanol–water partition coefficient (Wildman–Crippen LogP) is 3.87. The van der Waals surface area contributed by atoms with Crippen molar-refractivity contribution < 1.29 is 9.90 Å². The van der Waals surface area contributed by atoms with Gasteiger partial charge in [0.05, 0.1) is 5.69 Å². The first-order chi connectivity index (χ1) is 9.67. The average Bonchev–Trinajstić information content (AvgIpc) is 2.76. The van der Waals surface area contributed by atoms with E-state index in [0.717, 1.165) is 23.1 Å². The third-order valence-electron chi connectivity index (χ3n) is 3.06. The molecule has 0 unspecified atom stereocenters. The van der Waals surface area contributed by atoms with Gasteiger partial charge in [0.2, 0.25) is 0 Å². The van der Waals surface area contributed by atoms with Crippen molar-refractivity contribution in [3.8, 4) is 5.75 Å². The molecule has 20 heavy (non-hydrogen) atoms. The monoisotopic (exact) mass is 283 g/mol. The molecule has 0 aliphatic carbocycles. The van der Waals surface area contributed by atoms with Gasteiger partial charge in [-0.05, 0) is 42.0 Å². The van der Waals surface area contributed by atoms with Crippen LogP contribution in [0.2, 0.25) is 5.02 Å². The van der Waals surface area contributed by atoms with Gasteiger partial charge in [-0.25, -0.2) is 4.99 Å². The van der Waals surface area contributed by atoms with Gasteiger partial charge >= 0.3 is 0 Å². The first-order valence-electron chi connectivity index (χ1n) is 6.02. The van der Waals surface area contributed by atoms with Crippen molar-refractivity contribution in [2.24, 2.45) is 4.99 Å². The highest BCUT2D eigenvalue weighted by molar-refractivity contribution is 6.53. The number of hydrogen-bond acceptors (Lipinski definition) is 3. The highest BCUT2D eigenvalue weighted by Crippen LogP contribution is 2.37. The lowest BCUT2D eigenvalue weighted by atomic mass is 10.0. The van der Waals surface area contributed by atoms with Gasteiger partial charge in [-0.15, -0.1) is 0 Å². The van der Waals surface area contributed by atoms with Crippen LogP contribution in [0.4, 0.5) is 5.69 Å². The summed E-state index contributed by atoms with van der Waals surface area (Å²) in [6.07, 6.45) is 2.54. The van der Waals surface area contributed by atoms with Crippen LogP contribution in [0, 0.1) is 0 Å². The minimum atomic E-state index is 0.174. The number of carbonyl (C=O) groups excluding carboxylic acids is 1. The summed E-state index contributed by atoms with van der Waals surface area (Å²) in [6.45, 7) is 0. The van der Waals surface area contributed by atoms with Crippen molar-refractivity contribution in [2.75, 3.05) is 0 Å². The maximum atomic E-state index is 11.2. The molecule has 98 valence electrons. The molecule has 1 aliphatic heterocycles. The maximum Gasteiger partial charge on any atom is 0.169 e. The van der Waals surface area contributed by atoms with E-state index in [1.807, 2.05) is 12.1 Å². The van der Waals surface area contributed by atoms with E-state index < -0.39 is 0 Å². The predicted molar refractivity (Wildman–Crippen MR) is 80.6 cm³/mol. The lowest BCUT2D eigenvalue weighted by molar-refractivity contribution is -0.102. The van der Waals surface area contributed by atoms with Crippen molar-refractivity contribution in [1.82, 2.24) is 0 Å². The molecule has 0 bridgehead atoms. The van der Waals surface area contributed by atoms with Gasteiger partial charge in [0.1, 0.15) is 11.5 Å². The highest BCUT2D eigenvalue weighted by Gasteiger charge is 2.20. The number of halogens is 1. The Labute approximate surface area is 120 Å². The number of phenolic OH excluding ortho intramolecular Hbond substituents is 1. The molecule has 4 heteroatoms. The fourth-order valence-electron chi connectivity index (χ4n) is 2.17. The molecule has 0 fully saturated rings. The SMILES string of the molecule is O=CC1=Nc2ccc(Cl)cc2C1=Cc1cccc(O)c1. The standard InChI is InChI=1S/C16H10ClNO2/c17-11-4-5-15-14(8-11)13(16(9-19)18-15)7-10-2-1-3-12(20)6-10/h1-9,20H. The smallest absolute Gasteiger partial charge is 0.169 e. The van der Waals surface area contributed by atoms with Gasteiger partial charge in [-0.3, -0.25) is 4.79 Å². The zero-order chi connectivity index (χ0) is 14.1. The third kappa shape index (κ3) is 2.24. The molecule has 2 aromatic rings. The molecule has 0 radical (unpaired) electrons. The topological polar surface area (TPSA) is 49.7 Å². The Kier molecular flexibility index (Phi) is 3.12. The molecule has 0 saturated heterocycles. The van der Waals surface area contributed by atoms with Crippen molar-refractivity contribution in [1.29, 1.82) is 0 Å². The molecule has 1 heterocycles. The van der Waals surface area contributed by atoms with Gasteiger partial charge in [0.15, 0.2) is 6.29 Å². The highest BCUT2D eigenvalue weighted by atomic mass is 35.5. The Morgan fingerprint density at radius 1 is 1.15 bits per heavy atom. The number of phenols is 1. The van der Waals surface area contributed by atoms with E-state index in [2.05, 4.69) is 4.99 Å². The van der Waals surface area contributed by atoms with Crippen molar-refractivity contribution >= 4 is 40.9 Å². The summed E-state index contributed by atoms with van der Waals surface area (Å²) in [5.41, 5.74) is 3.42. The molecule has 0 amide bonds. The van der Waals surface area contributed by atoms with Crippen LogP contribution in [0.25, 0.3) is 11.6 Å². The molecule has 1 aliphatic rings. The summed E-state index contributed by atoms with van der Waals surface area (Å²) in [6, 6.07) is 12.1. The summed E-state index contributed by atoms with van der Waals surface area (Å²) in [5.74, 6) is 0.174. The lowest BCUT2D eigenvalue weighted by Crippen LogP contribution is -1.97. The minimum Gasteiger partial charge on any atom is -0.508 e. The summed E-state index contributed by atoms with van der Waals surface area (Å²) in [7, 11) is 0. The molecule has 1 N–H and O–H groups in total. The molecule has 2 aromatic carbocycles. The van der Waals surface area contributed by atoms with Crippen LogP contribution < -0.4 is 0 Å². The number of aliphatic imine (C=N–C) groups is 1. The first-order valence-corrected chi connectivity index (χ1v) is 6.40. The molecular weight excluding hydrogens is 274 g/mol. The van der Waals surface area contributed by atoms with Crippen LogP contribution >= 0.6 is 11.6 Å². The first kappa shape index (κ1) is 12.6. The molecular formula is C16H10ClNO2. The number of nitrogens with zero attached hydrogens (tertiary/aromatic N) is 1. The van der Waals surface area contributed by atoms with E-state index in [-0.39, 0.29) is 5.75 Å². The lowest BCUT2D eigenvalue weighted by Gasteiger charge is -2.03. The van der Waals surface area contributed by atoms with E-state index in [0.29, 0.717) is 16.3 Å². The van der Waals surface area contributed by atoms with E-state index in [1.165, 1.54) is 0 Å². The number of rotatable bonds is 2. The summed E-state index contributed by atoms with van der Waals surface area (Å²) >= 11 is 6.00. The van der Waals surface area contributed by atoms with Crippen LogP contribution in [-0.2, 0) is 4.79 Å². The number of aromatic hydroxyl groups is 1. The number of carbonyl (C=O) groups is 1. The molecule has 3 rings (SSSR count). The number of fused-ring (bicyclic) bond motifs is 1. The Bertz CT molecular complexity index is 763. The van der Waals surface area contributed by atoms with E-state index in [9.17, 15) is 9.90 Å². The van der Waals surface area contributed by atoms with Crippen LogP contribution in [0.5, 0.6) is 5.75 Å². The maximum absolute atomic E-state index is 11.2. The quantitative estimate of drug-likeness (QED) is 0.851. The van der Waals surface area contributed by atoms with Crippen molar-refractivity contribution in [2.45, 2.75) is 0 Å². The van der Waals surface area contributed by atoms with Crippen molar-refractivity contribution in [3.63, 3.8) is 0 Å². The zero-order valence-corrected chi connectivity index (χ0v) is 11.1. The molecule has 0 saturated carbocycles. The van der Waals surface area contributed by atoms with Gasteiger partial charge in [-0.1, -0.05) is 23.7 Å². The zero-order valence-electron chi connectivity index (χ0n) is 10.4. The molecule has 0 atom stereocenters. The van der Waals surface area contributed by atoms with Crippen LogP contribution in [0.3, 0.4) is 0 Å². The number of allylic oxidation sites excluding steroid dienone is 1. The Morgan fingerprint density at radius 3 is 2.75 bits per heavy atom. The molecule has 0 aromatic heterocycles. The van der Waals surface area contributed by atoms with Crippen molar-refractivity contribution in [3.05, 3.63) is 58.6 Å². The second kappa shape index (κ2) is 4.94. The summed E-state index contributed by atoms with van der Waals surface area (Å²) in [5, 5.41) is 10.1. The fourth-order valence-corrected chi connectivity index (χ4v) is 2.34. The average molecular weight is 284 g/mol. The molecule has 3 nitrogen and oxygen atoms in total. The minimum absolute atomic E-state index is 0.174. The summed E-state index contributed by atoms with van der Waals surface area (Å²) < 4.78 is 0. The fraction of sp³-hybridized carbons (Fsp3) is 0. The number of aldehydes is 1. The Balaban J connectivity index is 2.15. The van der Waals surface area contributed by atoms with Gasteiger partial charge in [0.25, 0.3) is 0 Å². The normalized spacial score (nSPS) is 15.1. The van der Waals surface area contributed by atoms with E-state index in [1.54, 1.807) is 36.4 Å². The molecule has 0 spiro atoms. The van der Waals surface area contributed by atoms with Crippen LogP contribution in [0.15, 0.2) is 47.5 Å². The van der Waals surface area contributed by atoms with E-state index >= 15 is 0 Å². The van der Waals surface area contributed by atoms with Crippen LogP contribution in [0.1, 0.15) is 11.1 Å². The number of benzene rings is 2. The van der Waals surface area contributed by atoms with Gasteiger partial charge in [0, 0.05) is 16.2 Å².